The number of thiophene rings is 1. The highest BCUT2D eigenvalue weighted by Gasteiger charge is 2.05. The van der Waals surface area contributed by atoms with Crippen LogP contribution in [0.2, 0.25) is 10.0 Å². The maximum Gasteiger partial charge on any atom is 0.319 e. The first kappa shape index (κ1) is 13.2. The lowest BCUT2D eigenvalue weighted by molar-refractivity contribution is 0.252. The summed E-state index contributed by atoms with van der Waals surface area (Å²) in [7, 11) is 0. The predicted molar refractivity (Wildman–Crippen MR) is 76.6 cm³/mol. The fourth-order valence-corrected chi connectivity index (χ4v) is 2.59. The number of rotatable bonds is 3. The third-order valence-corrected chi connectivity index (χ3v) is 3.81. The molecule has 0 saturated carbocycles. The minimum absolute atomic E-state index is 0.290. The number of hydrogen-bond acceptors (Lipinski definition) is 2. The van der Waals surface area contributed by atoms with E-state index in [1.807, 2.05) is 5.38 Å². The van der Waals surface area contributed by atoms with E-state index in [0.29, 0.717) is 22.3 Å². The summed E-state index contributed by atoms with van der Waals surface area (Å²) < 4.78 is 0. The van der Waals surface area contributed by atoms with Crippen molar-refractivity contribution in [2.24, 2.45) is 0 Å². The standard InChI is InChI=1S/C12H10Cl2N2OS/c13-8-2-1-3-9(6-8)16-12(17)15-7-11-10(14)4-5-18-11/h1-6H,7H2,(H2,15,16,17). The maximum atomic E-state index is 11.6. The van der Waals surface area contributed by atoms with Crippen LogP contribution in [0.3, 0.4) is 0 Å². The van der Waals surface area contributed by atoms with Gasteiger partial charge in [-0.25, -0.2) is 4.79 Å². The molecule has 0 radical (unpaired) electrons. The van der Waals surface area contributed by atoms with Crippen molar-refractivity contribution < 1.29 is 4.79 Å². The molecule has 18 heavy (non-hydrogen) atoms. The minimum Gasteiger partial charge on any atom is -0.333 e. The van der Waals surface area contributed by atoms with Crippen LogP contribution in [0.15, 0.2) is 35.7 Å². The van der Waals surface area contributed by atoms with Gasteiger partial charge >= 0.3 is 6.03 Å². The molecular formula is C12H10Cl2N2OS. The normalized spacial score (nSPS) is 10.1. The van der Waals surface area contributed by atoms with Gasteiger partial charge < -0.3 is 10.6 Å². The summed E-state index contributed by atoms with van der Waals surface area (Å²) in [6.45, 7) is 0.406. The Hall–Kier alpha value is -1.23. The second-order valence-corrected chi connectivity index (χ2v) is 5.35. The molecule has 1 aromatic carbocycles. The van der Waals surface area contributed by atoms with Crippen LogP contribution < -0.4 is 10.6 Å². The summed E-state index contributed by atoms with van der Waals surface area (Å²) in [5, 5.41) is 8.55. The zero-order valence-electron chi connectivity index (χ0n) is 9.24. The number of nitrogens with one attached hydrogen (secondary N) is 2. The average Bonchev–Trinajstić information content (AvgIpc) is 2.72. The molecule has 1 heterocycles. The number of carbonyl (C=O) groups is 1. The van der Waals surface area contributed by atoms with Gasteiger partial charge in [0.25, 0.3) is 0 Å². The molecule has 6 heteroatoms. The predicted octanol–water partition coefficient (Wildman–Crippen LogP) is 4.38. The lowest BCUT2D eigenvalue weighted by Gasteiger charge is -2.07. The van der Waals surface area contributed by atoms with Crippen LogP contribution in [0, 0.1) is 0 Å². The van der Waals surface area contributed by atoms with E-state index in [4.69, 9.17) is 23.2 Å². The van der Waals surface area contributed by atoms with Crippen LogP contribution in [-0.4, -0.2) is 6.03 Å². The largest absolute Gasteiger partial charge is 0.333 e. The molecule has 3 nitrogen and oxygen atoms in total. The number of halogens is 2. The lowest BCUT2D eigenvalue weighted by atomic mass is 10.3. The van der Waals surface area contributed by atoms with Crippen molar-refractivity contribution in [2.45, 2.75) is 6.54 Å². The van der Waals surface area contributed by atoms with Crippen molar-refractivity contribution in [1.29, 1.82) is 0 Å². The third-order valence-electron chi connectivity index (χ3n) is 2.18. The first-order valence-corrected chi connectivity index (χ1v) is 6.81. The van der Waals surface area contributed by atoms with E-state index in [2.05, 4.69) is 10.6 Å². The smallest absolute Gasteiger partial charge is 0.319 e. The fraction of sp³-hybridized carbons (Fsp3) is 0.0833. The van der Waals surface area contributed by atoms with Crippen LogP contribution in [-0.2, 0) is 6.54 Å². The highest BCUT2D eigenvalue weighted by atomic mass is 35.5. The first-order valence-electron chi connectivity index (χ1n) is 5.17. The van der Waals surface area contributed by atoms with Crippen LogP contribution in [0.5, 0.6) is 0 Å². The van der Waals surface area contributed by atoms with Gasteiger partial charge in [-0.15, -0.1) is 11.3 Å². The van der Waals surface area contributed by atoms with E-state index in [1.165, 1.54) is 11.3 Å². The van der Waals surface area contributed by atoms with Gasteiger partial charge in [0, 0.05) is 15.6 Å². The molecule has 2 N–H and O–H groups in total. The number of benzene rings is 1. The molecular weight excluding hydrogens is 291 g/mol. The first-order chi connectivity index (χ1) is 8.65. The summed E-state index contributed by atoms with van der Waals surface area (Å²) in [4.78, 5) is 12.6. The molecule has 0 spiro atoms. The number of carbonyl (C=O) groups excluding carboxylic acids is 1. The molecule has 0 bridgehead atoms. The molecule has 0 aliphatic rings. The summed E-state index contributed by atoms with van der Waals surface area (Å²) in [5.74, 6) is 0. The lowest BCUT2D eigenvalue weighted by Crippen LogP contribution is -2.27. The molecule has 1 aromatic heterocycles. The van der Waals surface area contributed by atoms with E-state index >= 15 is 0 Å². The van der Waals surface area contributed by atoms with E-state index in [1.54, 1.807) is 30.3 Å². The van der Waals surface area contributed by atoms with Gasteiger partial charge in [0.05, 0.1) is 11.6 Å². The van der Waals surface area contributed by atoms with Gasteiger partial charge in [-0.05, 0) is 29.6 Å². The Balaban J connectivity index is 1.88. The molecule has 2 rings (SSSR count). The van der Waals surface area contributed by atoms with Crippen molar-refractivity contribution in [3.63, 3.8) is 0 Å². The van der Waals surface area contributed by atoms with Crippen molar-refractivity contribution in [1.82, 2.24) is 5.32 Å². The zero-order valence-corrected chi connectivity index (χ0v) is 11.6. The van der Waals surface area contributed by atoms with Gasteiger partial charge in [-0.1, -0.05) is 29.3 Å². The SMILES string of the molecule is O=C(NCc1sccc1Cl)Nc1cccc(Cl)c1. The second kappa shape index (κ2) is 6.09. The number of anilines is 1. The Kier molecular flexibility index (Phi) is 4.47. The summed E-state index contributed by atoms with van der Waals surface area (Å²) in [6, 6.07) is 8.48. The zero-order chi connectivity index (χ0) is 13.0. The molecule has 0 unspecified atom stereocenters. The minimum atomic E-state index is -0.290. The summed E-state index contributed by atoms with van der Waals surface area (Å²) in [6.07, 6.45) is 0. The Morgan fingerprint density at radius 3 is 2.78 bits per heavy atom. The van der Waals surface area contributed by atoms with Crippen molar-refractivity contribution in [3.05, 3.63) is 50.6 Å². The van der Waals surface area contributed by atoms with Crippen molar-refractivity contribution in [2.75, 3.05) is 5.32 Å². The Bertz CT molecular complexity index is 557. The summed E-state index contributed by atoms with van der Waals surface area (Å²) >= 11 is 13.3. The molecule has 0 aliphatic carbocycles. The Morgan fingerprint density at radius 2 is 2.11 bits per heavy atom. The molecule has 2 aromatic rings. The fourth-order valence-electron chi connectivity index (χ4n) is 1.35. The van der Waals surface area contributed by atoms with Crippen molar-refractivity contribution >= 4 is 46.3 Å². The van der Waals surface area contributed by atoms with E-state index in [-0.39, 0.29) is 6.03 Å². The second-order valence-electron chi connectivity index (χ2n) is 3.51. The van der Waals surface area contributed by atoms with Crippen LogP contribution >= 0.6 is 34.5 Å². The van der Waals surface area contributed by atoms with Crippen LogP contribution in [0.25, 0.3) is 0 Å². The molecule has 0 saturated heterocycles. The average molecular weight is 301 g/mol. The molecule has 0 atom stereocenters. The van der Waals surface area contributed by atoms with Crippen LogP contribution in [0.4, 0.5) is 10.5 Å². The number of urea groups is 1. The molecule has 2 amide bonds. The van der Waals surface area contributed by atoms with Gasteiger partial charge in [0.2, 0.25) is 0 Å². The van der Waals surface area contributed by atoms with Gasteiger partial charge in [-0.2, -0.15) is 0 Å². The van der Waals surface area contributed by atoms with Gasteiger partial charge in [-0.3, -0.25) is 0 Å². The number of amides is 2. The molecule has 0 aliphatic heterocycles. The highest BCUT2D eigenvalue weighted by Crippen LogP contribution is 2.21. The van der Waals surface area contributed by atoms with E-state index < -0.39 is 0 Å². The van der Waals surface area contributed by atoms with Gasteiger partial charge in [0.1, 0.15) is 0 Å². The summed E-state index contributed by atoms with van der Waals surface area (Å²) in [5.41, 5.74) is 0.650. The topological polar surface area (TPSA) is 41.1 Å². The van der Waals surface area contributed by atoms with Gasteiger partial charge in [0.15, 0.2) is 0 Å². The van der Waals surface area contributed by atoms with Crippen LogP contribution in [0.1, 0.15) is 4.88 Å². The third kappa shape index (κ3) is 3.63. The molecule has 0 fully saturated rings. The van der Waals surface area contributed by atoms with E-state index in [0.717, 1.165) is 4.88 Å². The Morgan fingerprint density at radius 1 is 1.28 bits per heavy atom. The Labute approximate surface area is 119 Å². The highest BCUT2D eigenvalue weighted by molar-refractivity contribution is 7.10. The van der Waals surface area contributed by atoms with Crippen molar-refractivity contribution in [3.8, 4) is 0 Å². The molecule has 94 valence electrons. The van der Waals surface area contributed by atoms with E-state index in [9.17, 15) is 4.79 Å². The number of hydrogen-bond donors (Lipinski definition) is 2. The quantitative estimate of drug-likeness (QED) is 0.868. The monoisotopic (exact) mass is 300 g/mol. The maximum absolute atomic E-state index is 11.6.